The Labute approximate surface area is 193 Å². The SMILES string of the molecule is COc1ccc(/C(C)=N/NC(=O)CCC(=O)N(c2ccccc2)c2ccccc2)cc1OC. The van der Waals surface area contributed by atoms with Crippen LogP contribution in [0.2, 0.25) is 0 Å². The Morgan fingerprint density at radius 3 is 1.94 bits per heavy atom. The zero-order valence-electron chi connectivity index (χ0n) is 18.9. The summed E-state index contributed by atoms with van der Waals surface area (Å²) in [5.74, 6) is 0.661. The van der Waals surface area contributed by atoms with Gasteiger partial charge in [0.25, 0.3) is 0 Å². The molecule has 0 atom stereocenters. The molecule has 7 heteroatoms. The number of amides is 2. The van der Waals surface area contributed by atoms with E-state index >= 15 is 0 Å². The lowest BCUT2D eigenvalue weighted by molar-refractivity contribution is -0.124. The van der Waals surface area contributed by atoms with Crippen LogP contribution in [0.25, 0.3) is 0 Å². The molecule has 0 aliphatic heterocycles. The third-order valence-electron chi connectivity index (χ3n) is 4.99. The fourth-order valence-corrected chi connectivity index (χ4v) is 3.25. The molecule has 0 unspecified atom stereocenters. The summed E-state index contributed by atoms with van der Waals surface area (Å²) in [6, 6.07) is 24.1. The maximum atomic E-state index is 13.0. The van der Waals surface area contributed by atoms with Gasteiger partial charge in [0.2, 0.25) is 11.8 Å². The second-order valence-electron chi connectivity index (χ2n) is 7.20. The van der Waals surface area contributed by atoms with Crippen molar-refractivity contribution in [1.29, 1.82) is 0 Å². The standard InChI is InChI=1S/C26H27N3O4/c1-19(20-14-15-23(32-2)24(18-20)33-3)27-28-25(30)16-17-26(31)29(21-10-6-4-7-11-21)22-12-8-5-9-13-22/h4-15,18H,16-17H2,1-3H3,(H,28,30)/b27-19+. The average molecular weight is 446 g/mol. The van der Waals surface area contributed by atoms with E-state index in [0.29, 0.717) is 17.2 Å². The first kappa shape index (κ1) is 23.5. The first-order valence-electron chi connectivity index (χ1n) is 10.5. The number of carbonyl (C=O) groups is 2. The molecule has 0 radical (unpaired) electrons. The molecule has 170 valence electrons. The van der Waals surface area contributed by atoms with Crippen LogP contribution in [0, 0.1) is 0 Å². The molecule has 0 heterocycles. The highest BCUT2D eigenvalue weighted by atomic mass is 16.5. The molecule has 0 fully saturated rings. The molecule has 7 nitrogen and oxygen atoms in total. The molecule has 3 aromatic carbocycles. The van der Waals surface area contributed by atoms with Gasteiger partial charge in [-0.2, -0.15) is 5.10 Å². The molecule has 0 bridgehead atoms. The third kappa shape index (κ3) is 6.20. The normalized spacial score (nSPS) is 10.9. The maximum absolute atomic E-state index is 13.0. The van der Waals surface area contributed by atoms with Crippen molar-refractivity contribution in [3.63, 3.8) is 0 Å². The zero-order chi connectivity index (χ0) is 23.6. The number of ether oxygens (including phenoxy) is 2. The van der Waals surface area contributed by atoms with Crippen LogP contribution < -0.4 is 19.8 Å². The van der Waals surface area contributed by atoms with Crippen LogP contribution in [0.3, 0.4) is 0 Å². The van der Waals surface area contributed by atoms with Crippen LogP contribution in [0.4, 0.5) is 11.4 Å². The molecule has 0 saturated heterocycles. The van der Waals surface area contributed by atoms with Crippen LogP contribution in [-0.4, -0.2) is 31.7 Å². The number of benzene rings is 3. The average Bonchev–Trinajstić information content (AvgIpc) is 2.87. The first-order chi connectivity index (χ1) is 16.0. The minimum absolute atomic E-state index is 0.0116. The van der Waals surface area contributed by atoms with Crippen molar-refractivity contribution in [2.24, 2.45) is 5.10 Å². The van der Waals surface area contributed by atoms with E-state index in [1.807, 2.05) is 66.7 Å². The number of hydrogen-bond donors (Lipinski definition) is 1. The van der Waals surface area contributed by atoms with Crippen LogP contribution in [0.5, 0.6) is 11.5 Å². The molecule has 0 aliphatic carbocycles. The van der Waals surface area contributed by atoms with Crippen LogP contribution in [0.1, 0.15) is 25.3 Å². The van der Waals surface area contributed by atoms with Gasteiger partial charge in [-0.3, -0.25) is 14.5 Å². The maximum Gasteiger partial charge on any atom is 0.240 e. The Morgan fingerprint density at radius 1 is 0.818 bits per heavy atom. The number of hydrogen-bond acceptors (Lipinski definition) is 5. The second kappa shape index (κ2) is 11.5. The highest BCUT2D eigenvalue weighted by Gasteiger charge is 2.18. The monoisotopic (exact) mass is 445 g/mol. The Bertz CT molecular complexity index is 1080. The van der Waals surface area contributed by atoms with Gasteiger partial charge < -0.3 is 9.47 Å². The van der Waals surface area contributed by atoms with Crippen molar-refractivity contribution in [2.75, 3.05) is 19.1 Å². The highest BCUT2D eigenvalue weighted by molar-refractivity contribution is 6.02. The van der Waals surface area contributed by atoms with Crippen molar-refractivity contribution >= 4 is 28.9 Å². The fraction of sp³-hybridized carbons (Fsp3) is 0.192. The van der Waals surface area contributed by atoms with E-state index in [-0.39, 0.29) is 24.7 Å². The summed E-state index contributed by atoms with van der Waals surface area (Å²) >= 11 is 0. The lowest BCUT2D eigenvalue weighted by Crippen LogP contribution is -2.28. The van der Waals surface area contributed by atoms with E-state index in [4.69, 9.17) is 9.47 Å². The van der Waals surface area contributed by atoms with Gasteiger partial charge in [-0.25, -0.2) is 5.43 Å². The van der Waals surface area contributed by atoms with Gasteiger partial charge in [0.1, 0.15) is 0 Å². The number of hydrazone groups is 1. The molecular weight excluding hydrogens is 418 g/mol. The number of rotatable bonds is 9. The van der Waals surface area contributed by atoms with Gasteiger partial charge in [-0.05, 0) is 49.4 Å². The van der Waals surface area contributed by atoms with Gasteiger partial charge in [-0.15, -0.1) is 0 Å². The summed E-state index contributed by atoms with van der Waals surface area (Å²) in [6.45, 7) is 1.78. The molecule has 2 amide bonds. The largest absolute Gasteiger partial charge is 0.493 e. The van der Waals surface area contributed by atoms with Crippen molar-refractivity contribution in [3.05, 3.63) is 84.4 Å². The van der Waals surface area contributed by atoms with E-state index in [1.165, 1.54) is 0 Å². The van der Waals surface area contributed by atoms with E-state index in [1.54, 1.807) is 38.2 Å². The minimum atomic E-state index is -0.343. The summed E-state index contributed by atoms with van der Waals surface area (Å²) < 4.78 is 10.5. The fourth-order valence-electron chi connectivity index (χ4n) is 3.25. The predicted molar refractivity (Wildman–Crippen MR) is 129 cm³/mol. The van der Waals surface area contributed by atoms with Gasteiger partial charge in [0, 0.05) is 29.8 Å². The van der Waals surface area contributed by atoms with Gasteiger partial charge in [-0.1, -0.05) is 36.4 Å². The predicted octanol–water partition coefficient (Wildman–Crippen LogP) is 4.69. The second-order valence-corrected chi connectivity index (χ2v) is 7.20. The zero-order valence-corrected chi connectivity index (χ0v) is 18.9. The van der Waals surface area contributed by atoms with Gasteiger partial charge in [0.15, 0.2) is 11.5 Å². The molecular formula is C26H27N3O4. The van der Waals surface area contributed by atoms with Crippen molar-refractivity contribution in [3.8, 4) is 11.5 Å². The smallest absolute Gasteiger partial charge is 0.240 e. The quantitative estimate of drug-likeness (QED) is 0.383. The Hall–Kier alpha value is -4.13. The topological polar surface area (TPSA) is 80.2 Å². The van der Waals surface area contributed by atoms with Crippen LogP contribution in [0.15, 0.2) is 84.0 Å². The Kier molecular flexibility index (Phi) is 8.18. The van der Waals surface area contributed by atoms with E-state index < -0.39 is 0 Å². The Morgan fingerprint density at radius 2 is 1.39 bits per heavy atom. The van der Waals surface area contributed by atoms with E-state index in [2.05, 4.69) is 10.5 Å². The summed E-state index contributed by atoms with van der Waals surface area (Å²) in [5.41, 5.74) is 5.40. The number of para-hydroxylation sites is 2. The molecule has 1 N–H and O–H groups in total. The molecule has 3 aromatic rings. The first-order valence-corrected chi connectivity index (χ1v) is 10.5. The molecule has 33 heavy (non-hydrogen) atoms. The van der Waals surface area contributed by atoms with E-state index in [9.17, 15) is 9.59 Å². The third-order valence-corrected chi connectivity index (χ3v) is 4.99. The summed E-state index contributed by atoms with van der Waals surface area (Å²) in [6.07, 6.45) is 0.0538. The lowest BCUT2D eigenvalue weighted by atomic mass is 10.1. The number of nitrogens with zero attached hydrogens (tertiary/aromatic N) is 2. The summed E-state index contributed by atoms with van der Waals surface area (Å²) in [4.78, 5) is 27.0. The molecule has 0 spiro atoms. The number of nitrogens with one attached hydrogen (secondary N) is 1. The highest BCUT2D eigenvalue weighted by Crippen LogP contribution is 2.28. The van der Waals surface area contributed by atoms with Crippen molar-refractivity contribution < 1.29 is 19.1 Å². The molecule has 0 saturated carbocycles. The summed E-state index contributed by atoms with van der Waals surface area (Å²) in [5, 5.41) is 4.16. The molecule has 0 aliphatic rings. The van der Waals surface area contributed by atoms with Crippen LogP contribution in [-0.2, 0) is 9.59 Å². The van der Waals surface area contributed by atoms with E-state index in [0.717, 1.165) is 16.9 Å². The van der Waals surface area contributed by atoms with Gasteiger partial charge >= 0.3 is 0 Å². The van der Waals surface area contributed by atoms with Crippen molar-refractivity contribution in [2.45, 2.75) is 19.8 Å². The summed E-state index contributed by atoms with van der Waals surface area (Å²) in [7, 11) is 3.12. The lowest BCUT2D eigenvalue weighted by Gasteiger charge is -2.23. The molecule has 3 rings (SSSR count). The van der Waals surface area contributed by atoms with Crippen LogP contribution >= 0.6 is 0 Å². The molecule has 0 aromatic heterocycles. The number of carbonyl (C=O) groups excluding carboxylic acids is 2. The number of anilines is 2. The Balaban J connectivity index is 1.64. The number of methoxy groups -OCH3 is 2. The minimum Gasteiger partial charge on any atom is -0.493 e. The van der Waals surface area contributed by atoms with Gasteiger partial charge in [0.05, 0.1) is 19.9 Å². The van der Waals surface area contributed by atoms with Crippen molar-refractivity contribution in [1.82, 2.24) is 5.43 Å².